The van der Waals surface area contributed by atoms with Gasteiger partial charge in [0.15, 0.2) is 6.29 Å². The van der Waals surface area contributed by atoms with Crippen molar-refractivity contribution in [3.05, 3.63) is 29.3 Å². The van der Waals surface area contributed by atoms with Crippen LogP contribution in [-0.4, -0.2) is 29.9 Å². The minimum Gasteiger partial charge on any atom is -0.369 e. The van der Waals surface area contributed by atoms with Crippen LogP contribution in [0.1, 0.15) is 29.8 Å². The molecule has 1 heterocycles. The van der Waals surface area contributed by atoms with E-state index in [-0.39, 0.29) is 11.8 Å². The van der Waals surface area contributed by atoms with Gasteiger partial charge in [-0.15, -0.1) is 0 Å². The predicted molar refractivity (Wildman–Crippen MR) is 75.6 cm³/mol. The van der Waals surface area contributed by atoms with Gasteiger partial charge in [-0.05, 0) is 18.2 Å². The topological polar surface area (TPSA) is 20.3 Å². The van der Waals surface area contributed by atoms with Gasteiger partial charge in [-0.3, -0.25) is 4.79 Å². The summed E-state index contributed by atoms with van der Waals surface area (Å²) < 4.78 is 38.9. The Kier molecular flexibility index (Phi) is 4.32. The van der Waals surface area contributed by atoms with E-state index in [0.717, 1.165) is 6.07 Å². The average molecular weight is 303 g/mol. The van der Waals surface area contributed by atoms with Crippen LogP contribution in [0.25, 0.3) is 0 Å². The van der Waals surface area contributed by atoms with Crippen LogP contribution in [0.2, 0.25) is 0 Å². The highest BCUT2D eigenvalue weighted by Gasteiger charge is 2.34. The molecule has 0 amide bonds. The lowest BCUT2D eigenvalue weighted by Gasteiger charge is -2.36. The molecule has 0 N–H and O–H groups in total. The first-order valence-corrected chi connectivity index (χ1v) is 7.32. The van der Waals surface area contributed by atoms with E-state index in [4.69, 9.17) is 0 Å². The summed E-state index contributed by atoms with van der Waals surface area (Å²) in [6.07, 6.45) is -4.25. The van der Waals surface area contributed by atoms with Crippen molar-refractivity contribution in [1.82, 2.24) is 0 Å². The Balaban J connectivity index is 2.36. The molecule has 1 fully saturated rings. The van der Waals surface area contributed by atoms with Gasteiger partial charge in [0.25, 0.3) is 0 Å². The van der Waals surface area contributed by atoms with Crippen molar-refractivity contribution in [2.24, 2.45) is 0 Å². The third-order valence-corrected chi connectivity index (χ3v) is 4.48. The van der Waals surface area contributed by atoms with E-state index in [2.05, 4.69) is 13.8 Å². The van der Waals surface area contributed by atoms with Crippen molar-refractivity contribution in [3.8, 4) is 0 Å². The Hall–Kier alpha value is -1.17. The number of alkyl halides is 3. The Morgan fingerprint density at radius 3 is 2.35 bits per heavy atom. The second-order valence-electron chi connectivity index (χ2n) is 5.05. The third-order valence-electron chi connectivity index (χ3n) is 3.25. The number of thioether (sulfide) groups is 1. The van der Waals surface area contributed by atoms with Crippen molar-refractivity contribution < 1.29 is 18.0 Å². The van der Waals surface area contributed by atoms with Gasteiger partial charge in [0.1, 0.15) is 0 Å². The molecule has 0 saturated carbocycles. The van der Waals surface area contributed by atoms with E-state index in [9.17, 15) is 18.0 Å². The molecule has 1 saturated heterocycles. The molecule has 0 spiro atoms. The summed E-state index contributed by atoms with van der Waals surface area (Å²) in [7, 11) is 0. The van der Waals surface area contributed by atoms with Gasteiger partial charge in [-0.25, -0.2) is 0 Å². The van der Waals surface area contributed by atoms with Crippen LogP contribution in [0.4, 0.5) is 18.9 Å². The van der Waals surface area contributed by atoms with Crippen LogP contribution in [0.3, 0.4) is 0 Å². The summed E-state index contributed by atoms with van der Waals surface area (Å²) in [6.45, 7) is 5.56. The van der Waals surface area contributed by atoms with Crippen LogP contribution in [0.5, 0.6) is 0 Å². The standard InChI is InChI=1S/C14H16F3NOS/c1-9-6-18(7-10(2)20-9)12-4-3-11(8-19)13(5-12)14(15,16)17/h3-5,8-10H,6-7H2,1-2H3. The van der Waals surface area contributed by atoms with E-state index in [1.165, 1.54) is 6.07 Å². The first-order chi connectivity index (χ1) is 9.31. The van der Waals surface area contributed by atoms with E-state index in [1.54, 1.807) is 6.07 Å². The fourth-order valence-electron chi connectivity index (χ4n) is 2.48. The Morgan fingerprint density at radius 2 is 1.85 bits per heavy atom. The number of halogens is 3. The minimum atomic E-state index is -4.51. The summed E-state index contributed by atoms with van der Waals surface area (Å²) in [6, 6.07) is 3.93. The number of aldehydes is 1. The number of anilines is 1. The summed E-state index contributed by atoms with van der Waals surface area (Å²) in [5.41, 5.74) is -0.640. The van der Waals surface area contributed by atoms with E-state index < -0.39 is 11.7 Å². The molecular weight excluding hydrogens is 287 g/mol. The molecule has 0 aliphatic carbocycles. The van der Waals surface area contributed by atoms with E-state index in [1.807, 2.05) is 16.7 Å². The molecule has 1 aliphatic heterocycles. The number of hydrogen-bond acceptors (Lipinski definition) is 3. The molecule has 110 valence electrons. The van der Waals surface area contributed by atoms with Crippen LogP contribution in [-0.2, 0) is 6.18 Å². The van der Waals surface area contributed by atoms with E-state index in [0.29, 0.717) is 29.3 Å². The predicted octanol–water partition coefficient (Wildman–Crippen LogP) is 3.85. The smallest absolute Gasteiger partial charge is 0.369 e. The van der Waals surface area contributed by atoms with Gasteiger partial charge < -0.3 is 4.90 Å². The quantitative estimate of drug-likeness (QED) is 0.774. The number of nitrogens with zero attached hydrogens (tertiary/aromatic N) is 1. The third kappa shape index (κ3) is 3.29. The maximum atomic E-state index is 13.0. The first-order valence-electron chi connectivity index (χ1n) is 6.38. The van der Waals surface area contributed by atoms with Crippen molar-refractivity contribution >= 4 is 23.7 Å². The fourth-order valence-corrected chi connectivity index (χ4v) is 3.80. The SMILES string of the molecule is CC1CN(c2ccc(C=O)c(C(F)(F)F)c2)CC(C)S1. The molecule has 6 heteroatoms. The molecule has 2 rings (SSSR count). The zero-order chi connectivity index (χ0) is 14.9. The van der Waals surface area contributed by atoms with Crippen LogP contribution < -0.4 is 4.90 Å². The lowest BCUT2D eigenvalue weighted by Crippen LogP contribution is -2.40. The minimum absolute atomic E-state index is 0.254. The molecule has 0 radical (unpaired) electrons. The monoisotopic (exact) mass is 303 g/mol. The van der Waals surface area contributed by atoms with Crippen molar-refractivity contribution in [3.63, 3.8) is 0 Å². The molecule has 1 aliphatic rings. The lowest BCUT2D eigenvalue weighted by molar-refractivity contribution is -0.137. The number of benzene rings is 1. The number of carbonyl (C=O) groups excluding carboxylic acids is 1. The highest BCUT2D eigenvalue weighted by Crippen LogP contribution is 2.35. The maximum Gasteiger partial charge on any atom is 0.417 e. The molecule has 2 nitrogen and oxygen atoms in total. The zero-order valence-electron chi connectivity index (χ0n) is 11.3. The van der Waals surface area contributed by atoms with E-state index >= 15 is 0 Å². The average Bonchev–Trinajstić information content (AvgIpc) is 2.35. The maximum absolute atomic E-state index is 13.0. The van der Waals surface area contributed by atoms with Crippen LogP contribution >= 0.6 is 11.8 Å². The number of hydrogen-bond donors (Lipinski definition) is 0. The molecule has 0 aromatic heterocycles. The highest BCUT2D eigenvalue weighted by molar-refractivity contribution is 8.00. The first kappa shape index (κ1) is 15.2. The molecule has 2 unspecified atom stereocenters. The molecule has 2 atom stereocenters. The molecular formula is C14H16F3NOS. The summed E-state index contributed by atoms with van der Waals surface area (Å²) in [5.74, 6) is 0. The highest BCUT2D eigenvalue weighted by atomic mass is 32.2. The van der Waals surface area contributed by atoms with Crippen molar-refractivity contribution in [2.45, 2.75) is 30.5 Å². The van der Waals surface area contributed by atoms with Crippen molar-refractivity contribution in [1.29, 1.82) is 0 Å². The molecule has 1 aromatic carbocycles. The van der Waals surface area contributed by atoms with Gasteiger partial charge in [-0.1, -0.05) is 13.8 Å². The Morgan fingerprint density at radius 1 is 1.25 bits per heavy atom. The van der Waals surface area contributed by atoms with Gasteiger partial charge in [-0.2, -0.15) is 24.9 Å². The van der Waals surface area contributed by atoms with Gasteiger partial charge in [0, 0.05) is 34.8 Å². The Bertz CT molecular complexity index is 494. The number of rotatable bonds is 2. The summed E-state index contributed by atoms with van der Waals surface area (Å²) in [5, 5.41) is 0.748. The zero-order valence-corrected chi connectivity index (χ0v) is 12.1. The molecule has 0 bridgehead atoms. The second kappa shape index (κ2) is 5.68. The lowest BCUT2D eigenvalue weighted by atomic mass is 10.1. The normalized spacial score (nSPS) is 23.8. The number of carbonyl (C=O) groups is 1. The Labute approximate surface area is 120 Å². The second-order valence-corrected chi connectivity index (χ2v) is 6.93. The fraction of sp³-hybridized carbons (Fsp3) is 0.500. The largest absolute Gasteiger partial charge is 0.417 e. The molecule has 20 heavy (non-hydrogen) atoms. The summed E-state index contributed by atoms with van der Waals surface area (Å²) >= 11 is 1.84. The van der Waals surface area contributed by atoms with Crippen molar-refractivity contribution in [2.75, 3.05) is 18.0 Å². The van der Waals surface area contributed by atoms with Gasteiger partial charge >= 0.3 is 6.18 Å². The van der Waals surface area contributed by atoms with Gasteiger partial charge in [0.2, 0.25) is 0 Å². The summed E-state index contributed by atoms with van der Waals surface area (Å²) in [4.78, 5) is 12.7. The van der Waals surface area contributed by atoms with Crippen LogP contribution in [0.15, 0.2) is 18.2 Å². The van der Waals surface area contributed by atoms with Crippen LogP contribution in [0, 0.1) is 0 Å². The molecule has 1 aromatic rings. The van der Waals surface area contributed by atoms with Gasteiger partial charge in [0.05, 0.1) is 5.56 Å².